The third-order valence-electron chi connectivity index (χ3n) is 4.78. The fourth-order valence-electron chi connectivity index (χ4n) is 3.74. The van der Waals surface area contributed by atoms with Crippen molar-refractivity contribution in [2.24, 2.45) is 5.92 Å². The number of rotatable bonds is 10. The van der Waals surface area contributed by atoms with Gasteiger partial charge in [0.25, 0.3) is 0 Å². The average Bonchev–Trinajstić information content (AvgIpc) is 3.06. The molecule has 1 amide bonds. The molecule has 8 heteroatoms. The third-order valence-corrected chi connectivity index (χ3v) is 4.78. The number of ether oxygens (including phenoxy) is 3. The first-order valence-corrected chi connectivity index (χ1v) is 11.7. The van der Waals surface area contributed by atoms with Gasteiger partial charge in [0.15, 0.2) is 0 Å². The summed E-state index contributed by atoms with van der Waals surface area (Å²) in [6, 6.07) is -1.47. The second kappa shape index (κ2) is 12.7. The van der Waals surface area contributed by atoms with E-state index < -0.39 is 29.3 Å². The summed E-state index contributed by atoms with van der Waals surface area (Å²) in [7, 11) is 0. The van der Waals surface area contributed by atoms with Gasteiger partial charge in [0, 0.05) is 19.9 Å². The summed E-state index contributed by atoms with van der Waals surface area (Å²) in [5.41, 5.74) is -0.985. The van der Waals surface area contributed by atoms with Gasteiger partial charge in [0.05, 0.1) is 5.70 Å². The number of amides is 1. The third kappa shape index (κ3) is 10.5. The van der Waals surface area contributed by atoms with E-state index in [2.05, 4.69) is 11.9 Å². The van der Waals surface area contributed by atoms with Crippen LogP contribution in [0, 0.1) is 5.92 Å². The second-order valence-electron chi connectivity index (χ2n) is 10.5. The molecule has 34 heavy (non-hydrogen) atoms. The largest absolute Gasteiger partial charge is 0.495 e. The maximum Gasteiger partial charge on any atom is 0.324 e. The molecule has 1 aliphatic heterocycles. The Morgan fingerprint density at radius 3 is 2.24 bits per heavy atom. The van der Waals surface area contributed by atoms with Crippen molar-refractivity contribution >= 4 is 17.8 Å². The minimum absolute atomic E-state index is 0.0673. The zero-order chi connectivity index (χ0) is 26.1. The lowest BCUT2D eigenvalue weighted by Crippen LogP contribution is -2.51. The van der Waals surface area contributed by atoms with E-state index in [1.165, 1.54) is 13.2 Å². The van der Waals surface area contributed by atoms with Crippen molar-refractivity contribution < 1.29 is 28.6 Å². The van der Waals surface area contributed by atoms with Crippen LogP contribution in [0.15, 0.2) is 36.8 Å². The van der Waals surface area contributed by atoms with E-state index in [1.54, 1.807) is 26.8 Å². The molecule has 3 atom stereocenters. The number of carbonyl (C=O) groups excluding carboxylic acids is 3. The molecule has 192 valence electrons. The van der Waals surface area contributed by atoms with Crippen molar-refractivity contribution in [1.82, 2.24) is 10.2 Å². The first kappa shape index (κ1) is 29.4. The number of likely N-dealkylation sites (tertiary alicyclic amines) is 1. The Morgan fingerprint density at radius 1 is 1.12 bits per heavy atom. The van der Waals surface area contributed by atoms with Crippen molar-refractivity contribution in [3.8, 4) is 0 Å². The highest BCUT2D eigenvalue weighted by Gasteiger charge is 2.45. The number of carbonyl (C=O) groups is 3. The molecule has 0 aromatic heterocycles. The molecule has 0 aliphatic carbocycles. The molecule has 1 fully saturated rings. The van der Waals surface area contributed by atoms with Crippen LogP contribution in [0.3, 0.4) is 0 Å². The summed E-state index contributed by atoms with van der Waals surface area (Å²) < 4.78 is 16.8. The van der Waals surface area contributed by atoms with Gasteiger partial charge in [-0.2, -0.15) is 0 Å². The van der Waals surface area contributed by atoms with Crippen molar-refractivity contribution in [3.63, 3.8) is 0 Å². The van der Waals surface area contributed by atoms with Crippen LogP contribution in [0.4, 0.5) is 0 Å². The van der Waals surface area contributed by atoms with Gasteiger partial charge in [-0.05, 0) is 60.8 Å². The van der Waals surface area contributed by atoms with Gasteiger partial charge in [-0.1, -0.05) is 24.8 Å². The van der Waals surface area contributed by atoms with E-state index in [4.69, 9.17) is 14.2 Å². The predicted octanol–water partition coefficient (Wildman–Crippen LogP) is 3.88. The molecule has 0 spiro atoms. The van der Waals surface area contributed by atoms with E-state index in [0.717, 1.165) is 0 Å². The Morgan fingerprint density at radius 2 is 1.74 bits per heavy atom. The molecule has 1 N–H and O–H groups in total. The number of esters is 2. The van der Waals surface area contributed by atoms with Crippen LogP contribution in [0.5, 0.6) is 0 Å². The standard InChI is InChI=1S/C26H42N2O6/c1-10-12-19-14-21(23(30)33-25(4,5)6)28(16-19)22(24(31)34-26(7,8)9)15-20(27-18(3)29)17-32-13-11-2/h10-12,17,19,21-22H,2,13-16H2,1,3-9H3,(H,27,29)/t19?,21?,22-/m1/s1. The fourth-order valence-corrected chi connectivity index (χ4v) is 3.74. The summed E-state index contributed by atoms with van der Waals surface area (Å²) in [4.78, 5) is 40.2. The highest BCUT2D eigenvalue weighted by atomic mass is 16.6. The number of nitrogens with zero attached hydrogens (tertiary/aromatic N) is 1. The van der Waals surface area contributed by atoms with Gasteiger partial charge < -0.3 is 19.5 Å². The molecule has 0 aromatic rings. The van der Waals surface area contributed by atoms with E-state index in [1.807, 2.05) is 44.7 Å². The summed E-state index contributed by atoms with van der Waals surface area (Å²) in [6.45, 7) is 18.4. The predicted molar refractivity (Wildman–Crippen MR) is 132 cm³/mol. The van der Waals surface area contributed by atoms with Gasteiger partial charge >= 0.3 is 11.9 Å². The first-order valence-electron chi connectivity index (χ1n) is 11.7. The maximum absolute atomic E-state index is 13.4. The summed E-state index contributed by atoms with van der Waals surface area (Å²) in [5.74, 6) is -1.10. The van der Waals surface area contributed by atoms with Crippen molar-refractivity contribution in [2.75, 3.05) is 13.2 Å². The van der Waals surface area contributed by atoms with Crippen LogP contribution >= 0.6 is 0 Å². The lowest BCUT2D eigenvalue weighted by molar-refractivity contribution is -0.167. The highest BCUT2D eigenvalue weighted by Crippen LogP contribution is 2.31. The molecule has 1 rings (SSSR count). The lowest BCUT2D eigenvalue weighted by atomic mass is 10.0. The van der Waals surface area contributed by atoms with Gasteiger partial charge in [0.2, 0.25) is 5.91 Å². The van der Waals surface area contributed by atoms with Crippen LogP contribution in [0.1, 0.15) is 68.2 Å². The Kier molecular flexibility index (Phi) is 11.0. The Labute approximate surface area is 204 Å². The maximum atomic E-state index is 13.4. The van der Waals surface area contributed by atoms with E-state index in [9.17, 15) is 14.4 Å². The number of nitrogens with one attached hydrogen (secondary N) is 1. The quantitative estimate of drug-likeness (QED) is 0.220. The zero-order valence-electron chi connectivity index (χ0n) is 22.0. The van der Waals surface area contributed by atoms with Crippen molar-refractivity contribution in [3.05, 3.63) is 36.8 Å². The lowest BCUT2D eigenvalue weighted by Gasteiger charge is -2.34. The molecule has 1 aliphatic rings. The van der Waals surface area contributed by atoms with Crippen LogP contribution in [0.2, 0.25) is 0 Å². The molecule has 1 saturated heterocycles. The van der Waals surface area contributed by atoms with Crippen molar-refractivity contribution in [1.29, 1.82) is 0 Å². The normalized spacial score (nSPS) is 20.6. The highest BCUT2D eigenvalue weighted by molar-refractivity contribution is 5.81. The van der Waals surface area contributed by atoms with Crippen molar-refractivity contribution in [2.45, 2.75) is 91.5 Å². The molecule has 2 unspecified atom stereocenters. The molecule has 8 nitrogen and oxygen atoms in total. The molecule has 0 saturated carbocycles. The fraction of sp³-hybridized carbons (Fsp3) is 0.654. The van der Waals surface area contributed by atoms with Gasteiger partial charge in [-0.3, -0.25) is 19.3 Å². The Balaban J connectivity index is 3.40. The SMILES string of the molecule is C=CCOC=C(C[C@H](C(=O)OC(C)(C)C)N1CC(C=CC)CC1C(=O)OC(C)(C)C)NC(C)=O. The topological polar surface area (TPSA) is 94.2 Å². The Hall–Kier alpha value is -2.61. The first-order chi connectivity index (χ1) is 15.7. The van der Waals surface area contributed by atoms with Gasteiger partial charge in [-0.15, -0.1) is 0 Å². The van der Waals surface area contributed by atoms with Gasteiger partial charge in [-0.25, -0.2) is 0 Å². The number of hydrogen-bond donors (Lipinski definition) is 1. The van der Waals surface area contributed by atoms with Crippen LogP contribution in [-0.4, -0.2) is 59.2 Å². The summed E-state index contributed by atoms with van der Waals surface area (Å²) in [6.07, 6.45) is 7.56. The van der Waals surface area contributed by atoms with Crippen LogP contribution < -0.4 is 5.32 Å². The smallest absolute Gasteiger partial charge is 0.324 e. The average molecular weight is 479 g/mol. The molecule has 1 heterocycles. The Bertz CT molecular complexity index is 788. The van der Waals surface area contributed by atoms with E-state index >= 15 is 0 Å². The number of hydrogen-bond acceptors (Lipinski definition) is 7. The number of allylic oxidation sites excluding steroid dienone is 1. The zero-order valence-corrected chi connectivity index (χ0v) is 22.0. The molecular formula is C26H42N2O6. The van der Waals surface area contributed by atoms with Crippen LogP contribution in [-0.2, 0) is 28.6 Å². The molecule has 0 aromatic carbocycles. The molecule has 0 bridgehead atoms. The monoisotopic (exact) mass is 478 g/mol. The van der Waals surface area contributed by atoms with Gasteiger partial charge in [0.1, 0.15) is 36.2 Å². The minimum Gasteiger partial charge on any atom is -0.495 e. The molecular weight excluding hydrogens is 436 g/mol. The summed E-state index contributed by atoms with van der Waals surface area (Å²) in [5, 5.41) is 2.73. The van der Waals surface area contributed by atoms with E-state index in [0.29, 0.717) is 18.7 Å². The van der Waals surface area contributed by atoms with E-state index in [-0.39, 0.29) is 30.8 Å². The van der Waals surface area contributed by atoms with Crippen LogP contribution in [0.25, 0.3) is 0 Å². The minimum atomic E-state index is -0.836. The second-order valence-corrected chi connectivity index (χ2v) is 10.5. The summed E-state index contributed by atoms with van der Waals surface area (Å²) >= 11 is 0. The molecule has 0 radical (unpaired) electrons.